The number of alkyl halides is 3. The minimum absolute atomic E-state index is 0.168. The molecule has 5 aromatic carbocycles. The van der Waals surface area contributed by atoms with Crippen LogP contribution >= 0.6 is 0 Å². The van der Waals surface area contributed by atoms with Gasteiger partial charge in [-0.1, -0.05) is 46.5 Å². The maximum atomic E-state index is 15.1. The van der Waals surface area contributed by atoms with Crippen molar-refractivity contribution in [2.24, 2.45) is 0 Å². The lowest BCUT2D eigenvalue weighted by atomic mass is 10.0. The van der Waals surface area contributed by atoms with Crippen LogP contribution in [0.4, 0.5) is 13.2 Å². The first-order chi connectivity index (χ1) is 19.5. The first-order valence-electron chi connectivity index (χ1n) is 13.8. The molecule has 0 saturated carbocycles. The van der Waals surface area contributed by atoms with Crippen molar-refractivity contribution in [1.82, 2.24) is 9.13 Å². The zero-order valence-corrected chi connectivity index (χ0v) is 23.6. The second-order valence-corrected chi connectivity index (χ2v) is 11.4. The molecule has 0 atom stereocenters. The van der Waals surface area contributed by atoms with Crippen molar-refractivity contribution >= 4 is 43.6 Å². The first kappa shape index (κ1) is 25.5. The quantitative estimate of drug-likeness (QED) is 0.204. The molecule has 7 rings (SSSR count). The lowest BCUT2D eigenvalue weighted by molar-refractivity contribution is -0.137. The largest absolute Gasteiger partial charge is 0.418 e. The van der Waals surface area contributed by atoms with Gasteiger partial charge in [-0.3, -0.25) is 0 Å². The Labute approximate surface area is 236 Å². The van der Waals surface area contributed by atoms with E-state index in [1.54, 1.807) is 11.5 Å². The molecule has 7 aromatic rings. The van der Waals surface area contributed by atoms with Crippen LogP contribution in [0.15, 0.2) is 84.9 Å². The Balaban J connectivity index is 1.60. The Kier molecular flexibility index (Phi) is 5.43. The number of aromatic nitrogens is 2. The predicted molar refractivity (Wildman–Crippen MR) is 164 cm³/mol. The molecule has 0 saturated heterocycles. The van der Waals surface area contributed by atoms with Crippen LogP contribution in [0.3, 0.4) is 0 Å². The maximum Gasteiger partial charge on any atom is 0.418 e. The molecule has 0 aliphatic heterocycles. The van der Waals surface area contributed by atoms with E-state index in [0.29, 0.717) is 11.3 Å². The van der Waals surface area contributed by atoms with Crippen molar-refractivity contribution < 1.29 is 13.2 Å². The average Bonchev–Trinajstić information content (AvgIpc) is 3.39. The van der Waals surface area contributed by atoms with E-state index in [1.807, 2.05) is 86.9 Å². The summed E-state index contributed by atoms with van der Waals surface area (Å²) in [6.45, 7) is 9.88. The van der Waals surface area contributed by atoms with Crippen molar-refractivity contribution in [3.05, 3.63) is 118 Å². The van der Waals surface area contributed by atoms with E-state index in [2.05, 4.69) is 24.3 Å². The fourth-order valence-corrected chi connectivity index (χ4v) is 6.42. The molecule has 0 aliphatic carbocycles. The second-order valence-electron chi connectivity index (χ2n) is 11.4. The van der Waals surface area contributed by atoms with Gasteiger partial charge < -0.3 is 9.13 Å². The van der Waals surface area contributed by atoms with Crippen molar-refractivity contribution in [2.75, 3.05) is 0 Å². The van der Waals surface area contributed by atoms with Gasteiger partial charge in [0.15, 0.2) is 0 Å². The van der Waals surface area contributed by atoms with Gasteiger partial charge in [-0.15, -0.1) is 0 Å². The molecule has 0 aliphatic rings. The summed E-state index contributed by atoms with van der Waals surface area (Å²) < 4.78 is 49.0. The molecule has 0 spiro atoms. The van der Waals surface area contributed by atoms with E-state index in [1.165, 1.54) is 6.07 Å². The fraction of sp³-hybridized carbons (Fsp3) is 0.167. The highest BCUT2D eigenvalue weighted by molar-refractivity contribution is 6.11. The van der Waals surface area contributed by atoms with Gasteiger partial charge in [-0.05, 0) is 101 Å². The van der Waals surface area contributed by atoms with E-state index in [0.717, 1.165) is 65.9 Å². The molecular weight excluding hydrogens is 517 g/mol. The van der Waals surface area contributed by atoms with Gasteiger partial charge in [0, 0.05) is 27.2 Å². The normalized spacial score (nSPS) is 12.4. The molecule has 0 radical (unpaired) electrons. The topological polar surface area (TPSA) is 9.86 Å². The SMILES string of the molecule is Cc1ccc2c(c1)c1cc(C)ccc1n2-c1cc(C)c(-n2c3ccc(C)cc3c3cc(C)ccc32)c(C(F)(F)F)c1. The third kappa shape index (κ3) is 3.86. The van der Waals surface area contributed by atoms with Gasteiger partial charge in [0.1, 0.15) is 0 Å². The number of hydrogen-bond acceptors (Lipinski definition) is 0. The summed E-state index contributed by atoms with van der Waals surface area (Å²) in [6, 6.07) is 27.4. The zero-order valence-electron chi connectivity index (χ0n) is 23.6. The van der Waals surface area contributed by atoms with Crippen molar-refractivity contribution in [1.29, 1.82) is 0 Å². The van der Waals surface area contributed by atoms with Crippen molar-refractivity contribution in [2.45, 2.75) is 40.8 Å². The van der Waals surface area contributed by atoms with Crippen LogP contribution in [0.5, 0.6) is 0 Å². The van der Waals surface area contributed by atoms with Crippen molar-refractivity contribution in [3.63, 3.8) is 0 Å². The zero-order chi connectivity index (χ0) is 28.8. The van der Waals surface area contributed by atoms with Crippen LogP contribution in [0.25, 0.3) is 55.0 Å². The highest BCUT2D eigenvalue weighted by atomic mass is 19.4. The first-order valence-corrected chi connectivity index (χ1v) is 13.8. The molecule has 0 bridgehead atoms. The minimum atomic E-state index is -4.57. The van der Waals surface area contributed by atoms with Gasteiger partial charge in [0.05, 0.1) is 33.3 Å². The van der Waals surface area contributed by atoms with Crippen LogP contribution in [0.2, 0.25) is 0 Å². The number of halogens is 3. The van der Waals surface area contributed by atoms with Gasteiger partial charge >= 0.3 is 6.18 Å². The van der Waals surface area contributed by atoms with Crippen LogP contribution in [-0.2, 0) is 6.18 Å². The lowest BCUT2D eigenvalue weighted by Crippen LogP contribution is -2.14. The molecule has 2 heterocycles. The highest BCUT2D eigenvalue weighted by Crippen LogP contribution is 2.43. The Hall–Kier alpha value is -4.51. The van der Waals surface area contributed by atoms with Gasteiger partial charge in [-0.25, -0.2) is 0 Å². The maximum absolute atomic E-state index is 15.1. The van der Waals surface area contributed by atoms with Gasteiger partial charge in [0.25, 0.3) is 0 Å². The van der Waals surface area contributed by atoms with E-state index in [4.69, 9.17) is 0 Å². The Morgan fingerprint density at radius 3 is 1.20 bits per heavy atom. The van der Waals surface area contributed by atoms with Crippen molar-refractivity contribution in [3.8, 4) is 11.4 Å². The van der Waals surface area contributed by atoms with Crippen LogP contribution in [0.1, 0.15) is 33.4 Å². The molecule has 0 N–H and O–H groups in total. The summed E-state index contributed by atoms with van der Waals surface area (Å²) in [6.07, 6.45) is -4.57. The smallest absolute Gasteiger partial charge is 0.309 e. The van der Waals surface area contributed by atoms with E-state index in [-0.39, 0.29) is 5.69 Å². The van der Waals surface area contributed by atoms with Crippen LogP contribution in [0, 0.1) is 34.6 Å². The number of nitrogens with zero attached hydrogens (tertiary/aromatic N) is 2. The Bertz CT molecular complexity index is 2070. The summed E-state index contributed by atoms with van der Waals surface area (Å²) in [7, 11) is 0. The average molecular weight is 547 g/mol. The molecule has 0 fully saturated rings. The summed E-state index contributed by atoms with van der Waals surface area (Å²) in [4.78, 5) is 0. The van der Waals surface area contributed by atoms with E-state index in [9.17, 15) is 0 Å². The number of fused-ring (bicyclic) bond motifs is 6. The molecular formula is C36H29F3N2. The standard InChI is InChI=1S/C36H29F3N2/c1-20-6-10-31-26(14-20)27-15-21(2)7-11-32(27)40(31)25-18-24(5)35(30(19-25)36(37,38)39)41-33-12-8-22(3)16-28(33)29-17-23(4)9-13-34(29)41/h6-19H,1-5H3. The lowest BCUT2D eigenvalue weighted by Gasteiger charge is -2.21. The number of benzene rings is 5. The van der Waals surface area contributed by atoms with E-state index < -0.39 is 11.7 Å². The highest BCUT2D eigenvalue weighted by Gasteiger charge is 2.36. The summed E-state index contributed by atoms with van der Waals surface area (Å²) in [5.41, 5.74) is 8.23. The molecule has 204 valence electrons. The third-order valence-corrected chi connectivity index (χ3v) is 8.22. The van der Waals surface area contributed by atoms with Crippen LogP contribution < -0.4 is 0 Å². The number of rotatable bonds is 2. The molecule has 2 aromatic heterocycles. The third-order valence-electron chi connectivity index (χ3n) is 8.22. The van der Waals surface area contributed by atoms with Gasteiger partial charge in [-0.2, -0.15) is 13.2 Å². The summed E-state index contributed by atoms with van der Waals surface area (Å²) in [5, 5.41) is 3.97. The number of hydrogen-bond donors (Lipinski definition) is 0. The summed E-state index contributed by atoms with van der Waals surface area (Å²) in [5.74, 6) is 0. The monoisotopic (exact) mass is 546 g/mol. The molecule has 2 nitrogen and oxygen atoms in total. The predicted octanol–water partition coefficient (Wildman–Crippen LogP) is 10.4. The Morgan fingerprint density at radius 1 is 0.463 bits per heavy atom. The molecule has 0 amide bonds. The van der Waals surface area contributed by atoms with Crippen LogP contribution in [-0.4, -0.2) is 9.13 Å². The second kappa shape index (κ2) is 8.74. The number of aryl methyl sites for hydroxylation is 5. The Morgan fingerprint density at radius 2 is 0.829 bits per heavy atom. The molecule has 41 heavy (non-hydrogen) atoms. The molecule has 0 unspecified atom stereocenters. The minimum Gasteiger partial charge on any atom is -0.309 e. The molecule has 5 heteroatoms. The van der Waals surface area contributed by atoms with E-state index >= 15 is 13.2 Å². The summed E-state index contributed by atoms with van der Waals surface area (Å²) >= 11 is 0. The van der Waals surface area contributed by atoms with Gasteiger partial charge in [0.2, 0.25) is 0 Å². The fourth-order valence-electron chi connectivity index (χ4n) is 6.42.